The zero-order valence-corrected chi connectivity index (χ0v) is 13.7. The van der Waals surface area contributed by atoms with Gasteiger partial charge in [-0.25, -0.2) is 0 Å². The number of benzene rings is 1. The van der Waals surface area contributed by atoms with E-state index in [-0.39, 0.29) is 23.2 Å². The van der Waals surface area contributed by atoms with E-state index >= 15 is 0 Å². The van der Waals surface area contributed by atoms with Crippen LogP contribution in [0.4, 0.5) is 0 Å². The second kappa shape index (κ2) is 7.42. The van der Waals surface area contributed by atoms with Gasteiger partial charge in [0.1, 0.15) is 0 Å². The summed E-state index contributed by atoms with van der Waals surface area (Å²) < 4.78 is 0.230. The largest absolute Gasteiger partial charge is 0.324 e. The molecule has 3 heteroatoms. The van der Waals surface area contributed by atoms with Gasteiger partial charge >= 0.3 is 0 Å². The molecule has 0 saturated carbocycles. The molecule has 0 radical (unpaired) electrons. The molecule has 1 atom stereocenters. The number of rotatable bonds is 4. The van der Waals surface area contributed by atoms with Crippen LogP contribution in [0.25, 0.3) is 0 Å². The van der Waals surface area contributed by atoms with Gasteiger partial charge in [-0.2, -0.15) is 0 Å². The van der Waals surface area contributed by atoms with Gasteiger partial charge in [-0.1, -0.05) is 52.8 Å². The van der Waals surface area contributed by atoms with Crippen LogP contribution in [-0.4, -0.2) is 4.75 Å². The van der Waals surface area contributed by atoms with E-state index in [2.05, 4.69) is 58.9 Å². The molecule has 0 heterocycles. The van der Waals surface area contributed by atoms with Crippen LogP contribution < -0.4 is 5.73 Å². The van der Waals surface area contributed by atoms with Gasteiger partial charge < -0.3 is 5.73 Å². The van der Waals surface area contributed by atoms with Gasteiger partial charge in [0.05, 0.1) is 0 Å². The first-order valence-electron chi connectivity index (χ1n) is 6.33. The Balaban J connectivity index is 0.00000289. The van der Waals surface area contributed by atoms with Crippen molar-refractivity contribution in [2.75, 3.05) is 0 Å². The highest BCUT2D eigenvalue weighted by molar-refractivity contribution is 8.00. The second-order valence-electron chi connectivity index (χ2n) is 5.99. The molecule has 1 rings (SSSR count). The first kappa shape index (κ1) is 17.8. The smallest absolute Gasteiger partial charge is 0.0308 e. The van der Waals surface area contributed by atoms with Gasteiger partial charge in [-0.3, -0.25) is 0 Å². The molecule has 0 aliphatic carbocycles. The van der Waals surface area contributed by atoms with Gasteiger partial charge in [-0.15, -0.1) is 24.2 Å². The van der Waals surface area contributed by atoms with Crippen LogP contribution in [0.1, 0.15) is 52.6 Å². The minimum absolute atomic E-state index is 0. The van der Waals surface area contributed by atoms with Crippen molar-refractivity contribution in [1.82, 2.24) is 0 Å². The minimum Gasteiger partial charge on any atom is -0.324 e. The van der Waals surface area contributed by atoms with E-state index in [0.717, 1.165) is 6.42 Å². The Morgan fingerprint density at radius 1 is 1.17 bits per heavy atom. The maximum atomic E-state index is 6.30. The lowest BCUT2D eigenvalue weighted by molar-refractivity contribution is 0.505. The molecular formula is C15H26ClNS. The Bertz CT molecular complexity index is 358. The van der Waals surface area contributed by atoms with Crippen LogP contribution in [0.15, 0.2) is 29.2 Å². The summed E-state index contributed by atoms with van der Waals surface area (Å²) in [6, 6.07) is 8.69. The normalized spacial score (nSPS) is 13.3. The van der Waals surface area contributed by atoms with Crippen molar-refractivity contribution >= 4 is 24.2 Å². The minimum atomic E-state index is 0. The van der Waals surface area contributed by atoms with Crippen LogP contribution in [0.2, 0.25) is 0 Å². The van der Waals surface area contributed by atoms with Gasteiger partial charge in [0.15, 0.2) is 0 Å². The van der Waals surface area contributed by atoms with Crippen molar-refractivity contribution in [3.05, 3.63) is 29.8 Å². The lowest BCUT2D eigenvalue weighted by Crippen LogP contribution is -2.15. The van der Waals surface area contributed by atoms with Crippen LogP contribution in [0.5, 0.6) is 0 Å². The van der Waals surface area contributed by atoms with Crippen LogP contribution in [-0.2, 0) is 0 Å². The van der Waals surface area contributed by atoms with E-state index in [4.69, 9.17) is 5.73 Å². The zero-order valence-electron chi connectivity index (χ0n) is 12.1. The molecule has 2 N–H and O–H groups in total. The van der Waals surface area contributed by atoms with Crippen LogP contribution in [0.3, 0.4) is 0 Å². The third-order valence-electron chi connectivity index (χ3n) is 2.46. The van der Waals surface area contributed by atoms with E-state index in [1.165, 1.54) is 10.5 Å². The summed E-state index contributed by atoms with van der Waals surface area (Å²) in [5.41, 5.74) is 7.59. The fraction of sp³-hybridized carbons (Fsp3) is 0.600. The molecule has 0 spiro atoms. The summed E-state index contributed by atoms with van der Waals surface area (Å²) in [4.78, 5) is 1.33. The quantitative estimate of drug-likeness (QED) is 0.785. The molecule has 18 heavy (non-hydrogen) atoms. The van der Waals surface area contributed by atoms with Crippen molar-refractivity contribution in [3.63, 3.8) is 0 Å². The van der Waals surface area contributed by atoms with E-state index in [9.17, 15) is 0 Å². The average Bonchev–Trinajstić information content (AvgIpc) is 2.14. The Morgan fingerprint density at radius 3 is 2.22 bits per heavy atom. The van der Waals surface area contributed by atoms with E-state index in [1.54, 1.807) is 0 Å². The Labute approximate surface area is 122 Å². The molecule has 0 unspecified atom stereocenters. The average molecular weight is 288 g/mol. The Kier molecular flexibility index (Phi) is 7.34. The first-order chi connectivity index (χ1) is 7.79. The molecule has 0 fully saturated rings. The summed E-state index contributed by atoms with van der Waals surface area (Å²) in [5.74, 6) is 0.637. The molecular weight excluding hydrogens is 262 g/mol. The van der Waals surface area contributed by atoms with Gasteiger partial charge in [0.2, 0.25) is 0 Å². The SMILES string of the molecule is CC(C)C[C@H](N)c1ccccc1SC(C)(C)C.Cl. The predicted octanol–water partition coefficient (Wildman–Crippen LogP) is 5.04. The summed E-state index contributed by atoms with van der Waals surface area (Å²) in [6.07, 6.45) is 1.04. The molecule has 0 amide bonds. The Morgan fingerprint density at radius 2 is 1.72 bits per heavy atom. The highest BCUT2D eigenvalue weighted by atomic mass is 35.5. The molecule has 0 aliphatic heterocycles. The third-order valence-corrected chi connectivity index (χ3v) is 3.66. The topological polar surface area (TPSA) is 26.0 Å². The highest BCUT2D eigenvalue weighted by Gasteiger charge is 2.17. The molecule has 1 nitrogen and oxygen atoms in total. The Hall–Kier alpha value is -0.180. The molecule has 0 aliphatic rings. The fourth-order valence-electron chi connectivity index (χ4n) is 1.84. The van der Waals surface area contributed by atoms with Crippen LogP contribution >= 0.6 is 24.2 Å². The standard InChI is InChI=1S/C15H25NS.ClH/c1-11(2)10-13(16)12-8-6-7-9-14(12)17-15(3,4)5;/h6-9,11,13H,10,16H2,1-5H3;1H/t13-;/m0./s1. The second-order valence-corrected chi connectivity index (χ2v) is 7.86. The number of halogens is 1. The summed E-state index contributed by atoms with van der Waals surface area (Å²) in [5, 5.41) is 0. The fourth-order valence-corrected chi connectivity index (χ4v) is 2.99. The van der Waals surface area contributed by atoms with Gasteiger partial charge in [0, 0.05) is 15.7 Å². The van der Waals surface area contributed by atoms with Crippen molar-refractivity contribution in [2.24, 2.45) is 11.7 Å². The number of hydrogen-bond donors (Lipinski definition) is 1. The van der Waals surface area contributed by atoms with E-state index in [0.29, 0.717) is 5.92 Å². The number of thioether (sulfide) groups is 1. The van der Waals surface area contributed by atoms with Crippen molar-refractivity contribution < 1.29 is 0 Å². The summed E-state index contributed by atoms with van der Waals surface area (Å²) in [7, 11) is 0. The van der Waals surface area contributed by atoms with Gasteiger partial charge in [-0.05, 0) is 24.0 Å². The lowest BCUT2D eigenvalue weighted by atomic mass is 9.98. The molecule has 1 aromatic rings. The molecule has 104 valence electrons. The zero-order chi connectivity index (χ0) is 13.1. The van der Waals surface area contributed by atoms with Crippen LogP contribution in [0, 0.1) is 5.92 Å². The van der Waals surface area contributed by atoms with E-state index in [1.807, 2.05) is 11.8 Å². The molecule has 0 aromatic heterocycles. The van der Waals surface area contributed by atoms with E-state index < -0.39 is 0 Å². The monoisotopic (exact) mass is 287 g/mol. The maximum Gasteiger partial charge on any atom is 0.0308 e. The number of nitrogens with two attached hydrogens (primary N) is 1. The molecule has 1 aromatic carbocycles. The van der Waals surface area contributed by atoms with Gasteiger partial charge in [0.25, 0.3) is 0 Å². The van der Waals surface area contributed by atoms with Crippen molar-refractivity contribution in [2.45, 2.75) is 56.7 Å². The molecule has 0 bridgehead atoms. The highest BCUT2D eigenvalue weighted by Crippen LogP contribution is 2.36. The van der Waals surface area contributed by atoms with Crippen molar-refractivity contribution in [1.29, 1.82) is 0 Å². The van der Waals surface area contributed by atoms with Crippen molar-refractivity contribution in [3.8, 4) is 0 Å². The molecule has 0 saturated heterocycles. The third kappa shape index (κ3) is 6.12. The summed E-state index contributed by atoms with van der Waals surface area (Å²) in [6.45, 7) is 11.2. The number of hydrogen-bond acceptors (Lipinski definition) is 2. The first-order valence-corrected chi connectivity index (χ1v) is 7.15. The predicted molar refractivity (Wildman–Crippen MR) is 85.7 cm³/mol. The lowest BCUT2D eigenvalue weighted by Gasteiger charge is -2.23. The maximum absolute atomic E-state index is 6.30. The summed E-state index contributed by atoms with van der Waals surface area (Å²) >= 11 is 1.90.